The monoisotopic (exact) mass is 1370 g/mol. The number of phosphoric ester groups is 2. The fourth-order valence-corrected chi connectivity index (χ4v) is 12.8. The highest BCUT2D eigenvalue weighted by atomic mass is 31.2. The number of hydrogen-bond donors (Lipinski definition) is 3. The van der Waals surface area contributed by atoms with Crippen LogP contribution in [0, 0.1) is 17.8 Å². The standard InChI is InChI=1S/C74H144O17P2/c1-8-9-10-11-12-34-41-48-55-71(76)84-61-69(91-74(79)58-51-44-37-30-29-33-40-47-54-67(6)7)63-88-92(80,81)86-59-68(75)60-87-93(82,83)89-64-70(62-85-72(77)56-49-42-35-27-23-20-19-22-26-32-39-46-53-66(4)5)90-73(78)57-50-43-36-28-24-18-16-14-13-15-17-21-25-31-38-45-52-65(2)3/h65-70,75H,8-64H2,1-7H3,(H,80,81)(H,82,83)/t68-,69+,70+/m0/s1. The van der Waals surface area contributed by atoms with Crippen LogP contribution < -0.4 is 0 Å². The quantitative estimate of drug-likeness (QED) is 0.0222. The lowest BCUT2D eigenvalue weighted by Crippen LogP contribution is -2.30. The minimum atomic E-state index is -4.96. The number of unbranched alkanes of at least 4 members (excludes halogenated alkanes) is 40. The lowest BCUT2D eigenvalue weighted by atomic mass is 10.0. The van der Waals surface area contributed by atoms with Crippen molar-refractivity contribution in [3.05, 3.63) is 0 Å². The summed E-state index contributed by atoms with van der Waals surface area (Å²) in [5, 5.41) is 10.6. The highest BCUT2D eigenvalue weighted by Gasteiger charge is 2.30. The van der Waals surface area contributed by atoms with E-state index >= 15 is 0 Å². The van der Waals surface area contributed by atoms with E-state index in [0.29, 0.717) is 25.7 Å². The number of phosphoric acid groups is 2. The Morgan fingerprint density at radius 1 is 0.290 bits per heavy atom. The van der Waals surface area contributed by atoms with Crippen molar-refractivity contribution in [3.63, 3.8) is 0 Å². The van der Waals surface area contributed by atoms with Gasteiger partial charge >= 0.3 is 39.5 Å². The number of hydrogen-bond acceptors (Lipinski definition) is 15. The van der Waals surface area contributed by atoms with Gasteiger partial charge in [-0.3, -0.25) is 37.3 Å². The van der Waals surface area contributed by atoms with Gasteiger partial charge < -0.3 is 33.8 Å². The Bertz CT molecular complexity index is 1820. The molecule has 0 fully saturated rings. The molecule has 0 aromatic rings. The minimum absolute atomic E-state index is 0.104. The van der Waals surface area contributed by atoms with Crippen molar-refractivity contribution in [2.75, 3.05) is 39.6 Å². The van der Waals surface area contributed by atoms with Gasteiger partial charge in [0, 0.05) is 25.7 Å². The third-order valence-corrected chi connectivity index (χ3v) is 19.0. The number of carbonyl (C=O) groups excluding carboxylic acids is 4. The van der Waals surface area contributed by atoms with E-state index in [1.165, 1.54) is 180 Å². The Morgan fingerprint density at radius 3 is 0.731 bits per heavy atom. The molecule has 17 nitrogen and oxygen atoms in total. The minimum Gasteiger partial charge on any atom is -0.462 e. The second-order valence-electron chi connectivity index (χ2n) is 28.1. The smallest absolute Gasteiger partial charge is 0.462 e. The summed E-state index contributed by atoms with van der Waals surface area (Å²) in [6.07, 6.45) is 50.1. The van der Waals surface area contributed by atoms with Crippen LogP contribution >= 0.6 is 15.6 Å². The maximum Gasteiger partial charge on any atom is 0.472 e. The molecule has 0 aromatic carbocycles. The van der Waals surface area contributed by atoms with Crippen LogP contribution in [0.4, 0.5) is 0 Å². The number of aliphatic hydroxyl groups is 1. The normalized spacial score (nSPS) is 14.1. The molecule has 3 N–H and O–H groups in total. The Hall–Kier alpha value is -1.94. The molecule has 552 valence electrons. The summed E-state index contributed by atoms with van der Waals surface area (Å²) in [6, 6.07) is 0. The fraction of sp³-hybridized carbons (Fsp3) is 0.946. The molecule has 0 heterocycles. The maximum absolute atomic E-state index is 13.1. The molecule has 0 aliphatic rings. The molecule has 5 atom stereocenters. The highest BCUT2D eigenvalue weighted by molar-refractivity contribution is 7.47. The highest BCUT2D eigenvalue weighted by Crippen LogP contribution is 2.45. The summed E-state index contributed by atoms with van der Waals surface area (Å²) < 4.78 is 68.4. The average Bonchev–Trinajstić information content (AvgIpc) is 2.18. The molecule has 0 aliphatic heterocycles. The van der Waals surface area contributed by atoms with Crippen LogP contribution in [0.5, 0.6) is 0 Å². The molecule has 0 aliphatic carbocycles. The van der Waals surface area contributed by atoms with Gasteiger partial charge in [0.15, 0.2) is 12.2 Å². The van der Waals surface area contributed by atoms with Crippen LogP contribution in [-0.4, -0.2) is 96.7 Å². The number of aliphatic hydroxyl groups excluding tert-OH is 1. The van der Waals surface area contributed by atoms with Gasteiger partial charge in [0.2, 0.25) is 0 Å². The summed E-state index contributed by atoms with van der Waals surface area (Å²) in [6.45, 7) is 11.9. The zero-order chi connectivity index (χ0) is 68.7. The fourth-order valence-electron chi connectivity index (χ4n) is 11.2. The zero-order valence-electron chi connectivity index (χ0n) is 60.7. The van der Waals surface area contributed by atoms with E-state index in [9.17, 15) is 43.2 Å². The van der Waals surface area contributed by atoms with E-state index < -0.39 is 97.5 Å². The molecule has 0 aromatic heterocycles. The van der Waals surface area contributed by atoms with Gasteiger partial charge in [-0.15, -0.1) is 0 Å². The van der Waals surface area contributed by atoms with Gasteiger partial charge in [0.25, 0.3) is 0 Å². The van der Waals surface area contributed by atoms with Crippen LogP contribution in [0.15, 0.2) is 0 Å². The number of carbonyl (C=O) groups is 4. The Balaban J connectivity index is 5.20. The van der Waals surface area contributed by atoms with Crippen molar-refractivity contribution in [1.29, 1.82) is 0 Å². The molecule has 0 saturated heterocycles. The predicted molar refractivity (Wildman–Crippen MR) is 377 cm³/mol. The van der Waals surface area contributed by atoms with Gasteiger partial charge in [-0.25, -0.2) is 9.13 Å². The van der Waals surface area contributed by atoms with Crippen LogP contribution in [0.3, 0.4) is 0 Å². The molecule has 0 amide bonds. The second-order valence-corrected chi connectivity index (χ2v) is 31.0. The first-order chi connectivity index (χ1) is 44.7. The van der Waals surface area contributed by atoms with Crippen molar-refractivity contribution in [2.24, 2.45) is 17.8 Å². The van der Waals surface area contributed by atoms with Crippen molar-refractivity contribution in [3.8, 4) is 0 Å². The molecular weight excluding hydrogens is 1220 g/mol. The third-order valence-electron chi connectivity index (χ3n) is 17.1. The van der Waals surface area contributed by atoms with Crippen molar-refractivity contribution < 1.29 is 80.2 Å². The first kappa shape index (κ1) is 91.1. The molecule has 0 saturated carbocycles. The van der Waals surface area contributed by atoms with Crippen LogP contribution in [0.25, 0.3) is 0 Å². The molecule has 0 radical (unpaired) electrons. The summed E-state index contributed by atoms with van der Waals surface area (Å²) in [4.78, 5) is 72.6. The lowest BCUT2D eigenvalue weighted by molar-refractivity contribution is -0.161. The van der Waals surface area contributed by atoms with Gasteiger partial charge in [0.05, 0.1) is 26.4 Å². The molecule has 0 spiro atoms. The van der Waals surface area contributed by atoms with Crippen molar-refractivity contribution >= 4 is 39.5 Å². The van der Waals surface area contributed by atoms with E-state index in [1.54, 1.807) is 0 Å². The molecule has 93 heavy (non-hydrogen) atoms. The van der Waals surface area contributed by atoms with E-state index in [2.05, 4.69) is 48.5 Å². The van der Waals surface area contributed by atoms with Gasteiger partial charge in [-0.05, 0) is 43.4 Å². The van der Waals surface area contributed by atoms with E-state index in [0.717, 1.165) is 114 Å². The maximum atomic E-state index is 13.1. The first-order valence-electron chi connectivity index (χ1n) is 38.3. The van der Waals surface area contributed by atoms with E-state index in [1.807, 2.05) is 0 Å². The molecular formula is C74H144O17P2. The average molecular weight is 1370 g/mol. The molecule has 2 unspecified atom stereocenters. The Morgan fingerprint density at radius 2 is 0.495 bits per heavy atom. The zero-order valence-corrected chi connectivity index (χ0v) is 62.5. The third kappa shape index (κ3) is 68.4. The largest absolute Gasteiger partial charge is 0.472 e. The number of rotatable bonds is 72. The van der Waals surface area contributed by atoms with Gasteiger partial charge in [-0.2, -0.15) is 0 Å². The van der Waals surface area contributed by atoms with E-state index in [-0.39, 0.29) is 25.7 Å². The molecule has 19 heteroatoms. The van der Waals surface area contributed by atoms with Crippen LogP contribution in [0.2, 0.25) is 0 Å². The summed E-state index contributed by atoms with van der Waals surface area (Å²) in [5.41, 5.74) is 0. The SMILES string of the molecule is CCCCCCCCCCC(=O)OC[C@H](COP(=O)(O)OC[C@H](O)COP(=O)(O)OC[C@@H](COC(=O)CCCCCCCCCCCCCCC(C)C)OC(=O)CCCCCCCCCCCCCCCCCCC(C)C)OC(=O)CCCCCCCCCCC(C)C. The van der Waals surface area contributed by atoms with Gasteiger partial charge in [-0.1, -0.05) is 325 Å². The van der Waals surface area contributed by atoms with E-state index in [4.69, 9.17) is 37.0 Å². The molecule has 0 rings (SSSR count). The summed E-state index contributed by atoms with van der Waals surface area (Å²) in [5.74, 6) is 0.185. The van der Waals surface area contributed by atoms with Crippen LogP contribution in [0.1, 0.15) is 376 Å². The number of ether oxygens (including phenoxy) is 4. The first-order valence-corrected chi connectivity index (χ1v) is 41.3. The summed E-state index contributed by atoms with van der Waals surface area (Å²) >= 11 is 0. The second kappa shape index (κ2) is 64.7. The Kier molecular flexibility index (Phi) is 63.4. The Labute approximate surface area is 568 Å². The summed E-state index contributed by atoms with van der Waals surface area (Å²) in [7, 11) is -9.90. The van der Waals surface area contributed by atoms with Gasteiger partial charge in [0.1, 0.15) is 19.3 Å². The van der Waals surface area contributed by atoms with Crippen molar-refractivity contribution in [1.82, 2.24) is 0 Å². The van der Waals surface area contributed by atoms with Crippen LogP contribution in [-0.2, 0) is 65.4 Å². The molecule has 0 bridgehead atoms. The number of esters is 4. The topological polar surface area (TPSA) is 237 Å². The van der Waals surface area contributed by atoms with Crippen molar-refractivity contribution in [2.45, 2.75) is 394 Å². The lowest BCUT2D eigenvalue weighted by Gasteiger charge is -2.21. The predicted octanol–water partition coefficient (Wildman–Crippen LogP) is 21.4.